The number of aryl methyl sites for hydroxylation is 1. The summed E-state index contributed by atoms with van der Waals surface area (Å²) in [6, 6.07) is 16.7. The van der Waals surface area contributed by atoms with E-state index in [-0.39, 0.29) is 22.1 Å². The van der Waals surface area contributed by atoms with Gasteiger partial charge >= 0.3 is 6.09 Å². The highest BCUT2D eigenvalue weighted by atomic mass is 32.2. The number of benzene rings is 3. The first-order valence-corrected chi connectivity index (χ1v) is 16.5. The van der Waals surface area contributed by atoms with Gasteiger partial charge in [0.1, 0.15) is 22.9 Å². The number of rotatable bonds is 9. The monoisotopic (exact) mass is 643 g/mol. The number of amides is 2. The lowest BCUT2D eigenvalue weighted by Crippen LogP contribution is -2.31. The van der Waals surface area contributed by atoms with Gasteiger partial charge in [0.25, 0.3) is 15.9 Å². The van der Waals surface area contributed by atoms with Crippen molar-refractivity contribution in [2.24, 2.45) is 7.05 Å². The van der Waals surface area contributed by atoms with Crippen LogP contribution in [0.5, 0.6) is 5.75 Å². The van der Waals surface area contributed by atoms with Crippen LogP contribution in [-0.2, 0) is 33.0 Å². The van der Waals surface area contributed by atoms with Crippen LogP contribution >= 0.6 is 0 Å². The topological polar surface area (TPSA) is 125 Å². The highest BCUT2D eigenvalue weighted by Crippen LogP contribution is 2.30. The highest BCUT2D eigenvalue weighted by Gasteiger charge is 2.23. The molecule has 3 aromatic carbocycles. The Morgan fingerprint density at radius 3 is 2.52 bits per heavy atom. The molecule has 2 amide bonds. The molecule has 1 aromatic heterocycles. The van der Waals surface area contributed by atoms with Crippen LogP contribution < -0.4 is 14.8 Å². The Hall–Kier alpha value is -4.79. The predicted octanol–water partition coefficient (Wildman–Crippen LogP) is 5.77. The van der Waals surface area contributed by atoms with Crippen molar-refractivity contribution in [2.75, 3.05) is 19.5 Å². The van der Waals surface area contributed by atoms with Gasteiger partial charge in [-0.05, 0) is 86.2 Å². The van der Waals surface area contributed by atoms with Crippen LogP contribution in [0.1, 0.15) is 59.7 Å². The minimum Gasteiger partial charge on any atom is -0.496 e. The Bertz CT molecular complexity index is 1930. The van der Waals surface area contributed by atoms with E-state index in [1.54, 1.807) is 37.3 Å². The Morgan fingerprint density at radius 2 is 1.78 bits per heavy atom. The number of sulfonamides is 1. The molecule has 46 heavy (non-hydrogen) atoms. The zero-order chi connectivity index (χ0) is 32.8. The van der Waals surface area contributed by atoms with Crippen molar-refractivity contribution in [1.82, 2.24) is 9.29 Å². The predicted molar refractivity (Wildman–Crippen MR) is 176 cm³/mol. The number of hydrogen-bond acceptors (Lipinski definition) is 7. The Kier molecular flexibility index (Phi) is 9.99. The summed E-state index contributed by atoms with van der Waals surface area (Å²) in [7, 11) is 0.711. The first-order valence-electron chi connectivity index (χ1n) is 15.0. The van der Waals surface area contributed by atoms with E-state index in [0.29, 0.717) is 17.9 Å². The van der Waals surface area contributed by atoms with E-state index >= 15 is 0 Å². The fourth-order valence-electron chi connectivity index (χ4n) is 5.51. The molecular formula is C35H37N3O7S. The average molecular weight is 644 g/mol. The molecule has 2 N–H and O–H groups in total. The zero-order valence-corrected chi connectivity index (χ0v) is 27.1. The molecule has 0 aliphatic heterocycles. The maximum atomic E-state index is 13.2. The van der Waals surface area contributed by atoms with Crippen LogP contribution in [0.15, 0.2) is 71.8 Å². The van der Waals surface area contributed by atoms with Crippen molar-refractivity contribution in [3.05, 3.63) is 89.1 Å². The molecule has 10 nitrogen and oxygen atoms in total. The lowest BCUT2D eigenvalue weighted by atomic mass is 10.0. The molecule has 1 aliphatic rings. The summed E-state index contributed by atoms with van der Waals surface area (Å²) in [6.07, 6.45) is 5.52. The number of nitrogens with zero attached hydrogens (tertiary/aromatic N) is 1. The van der Waals surface area contributed by atoms with Gasteiger partial charge in [-0.15, -0.1) is 0 Å². The number of carbonyl (C=O) groups is 2. The third-order valence-electron chi connectivity index (χ3n) is 7.99. The molecule has 4 aromatic rings. The highest BCUT2D eigenvalue weighted by molar-refractivity contribution is 7.90. The fourth-order valence-corrected chi connectivity index (χ4v) is 6.65. The molecule has 0 radical (unpaired) electrons. The van der Waals surface area contributed by atoms with Crippen LogP contribution in [0.4, 0.5) is 10.5 Å². The van der Waals surface area contributed by atoms with Crippen molar-refractivity contribution in [2.45, 2.75) is 56.1 Å². The lowest BCUT2D eigenvalue weighted by Gasteiger charge is -2.13. The summed E-state index contributed by atoms with van der Waals surface area (Å²) in [5, 5.41) is 3.79. The van der Waals surface area contributed by atoms with Crippen LogP contribution in [0.2, 0.25) is 0 Å². The van der Waals surface area contributed by atoms with Crippen LogP contribution in [-0.4, -0.2) is 51.4 Å². The van der Waals surface area contributed by atoms with Gasteiger partial charge in [0.2, 0.25) is 0 Å². The summed E-state index contributed by atoms with van der Waals surface area (Å²) in [4.78, 5) is 25.5. The molecule has 1 unspecified atom stereocenters. The van der Waals surface area contributed by atoms with E-state index in [4.69, 9.17) is 14.2 Å². The maximum absolute atomic E-state index is 13.2. The molecule has 1 saturated carbocycles. The normalized spacial score (nSPS) is 13.9. The van der Waals surface area contributed by atoms with E-state index in [0.717, 1.165) is 47.7 Å². The fraction of sp³-hybridized carbons (Fsp3) is 0.314. The molecule has 1 aliphatic carbocycles. The van der Waals surface area contributed by atoms with E-state index in [9.17, 15) is 18.0 Å². The molecule has 5 rings (SSSR count). The van der Waals surface area contributed by atoms with E-state index in [2.05, 4.69) is 21.9 Å². The standard InChI is InChI=1S/C35H37N3O7S/c1-23(43-3)13-14-24-9-5-8-12-33(24)46(41,42)37-34(39)26-16-15-25(32(20-26)44-4)19-27-22-38(2)31-18-17-28(21-30(27)31)36-35(40)45-29-10-6-7-11-29/h5,8-9,12,15-18,20-23,29H,6-7,10-11,19H2,1-4H3,(H,36,40)(H,37,39). The minimum atomic E-state index is -4.24. The first-order chi connectivity index (χ1) is 22.1. The second kappa shape index (κ2) is 14.1. The van der Waals surface area contributed by atoms with Crippen molar-refractivity contribution in [3.8, 4) is 17.6 Å². The van der Waals surface area contributed by atoms with Crippen molar-refractivity contribution >= 4 is 38.6 Å². The third kappa shape index (κ3) is 7.53. The second-order valence-electron chi connectivity index (χ2n) is 11.2. The van der Waals surface area contributed by atoms with Gasteiger partial charge in [-0.3, -0.25) is 10.1 Å². The number of carbonyl (C=O) groups excluding carboxylic acids is 2. The summed E-state index contributed by atoms with van der Waals surface area (Å²) >= 11 is 0. The lowest BCUT2D eigenvalue weighted by molar-refractivity contribution is 0.0980. The summed E-state index contributed by atoms with van der Waals surface area (Å²) in [6.45, 7) is 1.74. The third-order valence-corrected chi connectivity index (χ3v) is 9.38. The Morgan fingerprint density at radius 1 is 1.02 bits per heavy atom. The smallest absolute Gasteiger partial charge is 0.411 e. The Balaban J connectivity index is 1.34. The van der Waals surface area contributed by atoms with Gasteiger partial charge in [-0.25, -0.2) is 17.9 Å². The molecule has 0 spiro atoms. The van der Waals surface area contributed by atoms with Gasteiger partial charge in [-0.1, -0.05) is 30.0 Å². The van der Waals surface area contributed by atoms with Crippen molar-refractivity contribution < 1.29 is 32.2 Å². The number of ether oxygens (including phenoxy) is 3. The van der Waals surface area contributed by atoms with Crippen LogP contribution in [0.3, 0.4) is 0 Å². The van der Waals surface area contributed by atoms with E-state index < -0.39 is 28.1 Å². The number of hydrogen-bond donors (Lipinski definition) is 2. The summed E-state index contributed by atoms with van der Waals surface area (Å²) in [5.41, 5.74) is 3.74. The molecule has 0 bridgehead atoms. The molecular weight excluding hydrogens is 606 g/mol. The first kappa shape index (κ1) is 32.6. The van der Waals surface area contributed by atoms with Crippen LogP contribution in [0, 0.1) is 11.8 Å². The largest absolute Gasteiger partial charge is 0.496 e. The maximum Gasteiger partial charge on any atom is 0.411 e. The molecule has 0 saturated heterocycles. The number of fused-ring (bicyclic) bond motifs is 1. The van der Waals surface area contributed by atoms with Gasteiger partial charge in [-0.2, -0.15) is 0 Å². The SMILES string of the molecule is COc1cc(C(=O)NS(=O)(=O)c2ccccc2C#CC(C)OC)ccc1Cc1cn(C)c2ccc(NC(=O)OC3CCCC3)cc12. The van der Waals surface area contributed by atoms with Crippen LogP contribution in [0.25, 0.3) is 10.9 Å². The number of aromatic nitrogens is 1. The van der Waals surface area contributed by atoms with Gasteiger partial charge < -0.3 is 18.8 Å². The molecule has 1 fully saturated rings. The quantitative estimate of drug-likeness (QED) is 0.222. The van der Waals surface area contributed by atoms with Crippen molar-refractivity contribution in [3.63, 3.8) is 0 Å². The summed E-state index contributed by atoms with van der Waals surface area (Å²) < 4.78 is 46.9. The second-order valence-corrected chi connectivity index (χ2v) is 12.9. The van der Waals surface area contributed by atoms with Gasteiger partial charge in [0.15, 0.2) is 0 Å². The minimum absolute atomic E-state index is 0.0335. The number of methoxy groups -OCH3 is 2. The Labute approximate surface area is 269 Å². The van der Waals surface area contributed by atoms with E-state index in [1.807, 2.05) is 36.0 Å². The molecule has 1 heterocycles. The number of anilines is 1. The number of nitrogens with one attached hydrogen (secondary N) is 2. The van der Waals surface area contributed by atoms with E-state index in [1.165, 1.54) is 26.4 Å². The molecule has 1 atom stereocenters. The van der Waals surface area contributed by atoms with Crippen molar-refractivity contribution in [1.29, 1.82) is 0 Å². The zero-order valence-electron chi connectivity index (χ0n) is 26.3. The average Bonchev–Trinajstić information content (AvgIpc) is 3.66. The van der Waals surface area contributed by atoms with Gasteiger partial charge in [0, 0.05) is 54.5 Å². The molecule has 11 heteroatoms. The van der Waals surface area contributed by atoms with Gasteiger partial charge in [0.05, 0.1) is 7.11 Å². The molecule has 240 valence electrons. The summed E-state index contributed by atoms with van der Waals surface area (Å²) in [5.74, 6) is 5.28.